The Labute approximate surface area is 100 Å². The second-order valence-electron chi connectivity index (χ2n) is 3.94. The zero-order valence-corrected chi connectivity index (χ0v) is 10.1. The third-order valence-electron chi connectivity index (χ3n) is 2.57. The van der Waals surface area contributed by atoms with E-state index in [0.29, 0.717) is 12.3 Å². The van der Waals surface area contributed by atoms with Crippen molar-refractivity contribution in [3.05, 3.63) is 18.5 Å². The number of hydrogen-bond donors (Lipinski definition) is 2. The van der Waals surface area contributed by atoms with Crippen molar-refractivity contribution in [2.75, 3.05) is 18.9 Å². The van der Waals surface area contributed by atoms with E-state index in [1.165, 1.54) is 18.5 Å². The van der Waals surface area contributed by atoms with Gasteiger partial charge < -0.3 is 10.5 Å². The smallest absolute Gasteiger partial charge is 0.242 e. The molecular formula is C10H15N3O3S. The van der Waals surface area contributed by atoms with Gasteiger partial charge in [0.1, 0.15) is 4.90 Å². The van der Waals surface area contributed by atoms with Gasteiger partial charge in [0.25, 0.3) is 0 Å². The largest absolute Gasteiger partial charge is 0.397 e. The number of nitrogens with one attached hydrogen (secondary N) is 1. The zero-order valence-electron chi connectivity index (χ0n) is 9.30. The van der Waals surface area contributed by atoms with Crippen LogP contribution in [0.5, 0.6) is 0 Å². The highest BCUT2D eigenvalue weighted by atomic mass is 32.2. The van der Waals surface area contributed by atoms with Crippen molar-refractivity contribution in [3.63, 3.8) is 0 Å². The molecule has 0 spiro atoms. The highest BCUT2D eigenvalue weighted by molar-refractivity contribution is 7.89. The summed E-state index contributed by atoms with van der Waals surface area (Å²) in [4.78, 5) is 3.83. The monoisotopic (exact) mass is 257 g/mol. The summed E-state index contributed by atoms with van der Waals surface area (Å²) >= 11 is 0. The van der Waals surface area contributed by atoms with Crippen LogP contribution in [0, 0.1) is 0 Å². The minimum Gasteiger partial charge on any atom is -0.397 e. The molecule has 0 bridgehead atoms. The van der Waals surface area contributed by atoms with Crippen LogP contribution in [0.15, 0.2) is 23.4 Å². The molecule has 2 heterocycles. The van der Waals surface area contributed by atoms with Crippen molar-refractivity contribution < 1.29 is 13.2 Å². The van der Waals surface area contributed by atoms with Crippen LogP contribution in [0.25, 0.3) is 0 Å². The minimum atomic E-state index is -3.54. The normalized spacial score (nSPS) is 20.6. The Morgan fingerprint density at radius 1 is 1.53 bits per heavy atom. The molecule has 1 aliphatic rings. The number of pyridine rings is 1. The Morgan fingerprint density at radius 3 is 3.00 bits per heavy atom. The second-order valence-corrected chi connectivity index (χ2v) is 5.71. The van der Waals surface area contributed by atoms with Crippen molar-refractivity contribution in [1.82, 2.24) is 9.71 Å². The van der Waals surface area contributed by atoms with Crippen LogP contribution in [0.1, 0.15) is 12.8 Å². The Hall–Kier alpha value is -1.18. The maximum atomic E-state index is 11.9. The van der Waals surface area contributed by atoms with E-state index in [0.717, 1.165) is 12.8 Å². The van der Waals surface area contributed by atoms with Crippen LogP contribution >= 0.6 is 0 Å². The lowest BCUT2D eigenvalue weighted by molar-refractivity contribution is 0.114. The van der Waals surface area contributed by atoms with Gasteiger partial charge >= 0.3 is 0 Å². The van der Waals surface area contributed by atoms with E-state index in [-0.39, 0.29) is 17.5 Å². The quantitative estimate of drug-likeness (QED) is 0.799. The van der Waals surface area contributed by atoms with E-state index >= 15 is 0 Å². The predicted molar refractivity (Wildman–Crippen MR) is 62.8 cm³/mol. The molecule has 17 heavy (non-hydrogen) atoms. The molecule has 2 rings (SSSR count). The lowest BCUT2D eigenvalue weighted by Gasteiger charge is -2.11. The lowest BCUT2D eigenvalue weighted by Crippen LogP contribution is -2.31. The number of rotatable bonds is 4. The maximum absolute atomic E-state index is 11.9. The molecule has 0 radical (unpaired) electrons. The first-order valence-electron chi connectivity index (χ1n) is 5.40. The van der Waals surface area contributed by atoms with E-state index < -0.39 is 10.0 Å². The summed E-state index contributed by atoms with van der Waals surface area (Å²) in [5, 5.41) is 0. The maximum Gasteiger partial charge on any atom is 0.242 e. The molecule has 0 saturated carbocycles. The molecular weight excluding hydrogens is 242 g/mol. The molecule has 1 fully saturated rings. The van der Waals surface area contributed by atoms with Crippen molar-refractivity contribution in [3.8, 4) is 0 Å². The highest BCUT2D eigenvalue weighted by Crippen LogP contribution is 2.13. The number of sulfonamides is 1. The number of nitrogen functional groups attached to an aromatic ring is 1. The van der Waals surface area contributed by atoms with Gasteiger partial charge in [0.05, 0.1) is 11.8 Å². The number of nitrogens with two attached hydrogens (primary N) is 1. The summed E-state index contributed by atoms with van der Waals surface area (Å²) < 4.78 is 31.6. The van der Waals surface area contributed by atoms with Gasteiger partial charge in [-0.25, -0.2) is 13.1 Å². The third kappa shape index (κ3) is 3.15. The Morgan fingerprint density at radius 2 is 2.35 bits per heavy atom. The molecule has 94 valence electrons. The third-order valence-corrected chi connectivity index (χ3v) is 3.96. The average Bonchev–Trinajstić information content (AvgIpc) is 2.79. The van der Waals surface area contributed by atoms with Gasteiger partial charge in [-0.1, -0.05) is 0 Å². The van der Waals surface area contributed by atoms with Crippen LogP contribution in [-0.4, -0.2) is 32.7 Å². The average molecular weight is 257 g/mol. The topological polar surface area (TPSA) is 94.3 Å². The summed E-state index contributed by atoms with van der Waals surface area (Å²) in [7, 11) is -3.54. The van der Waals surface area contributed by atoms with Crippen LogP contribution < -0.4 is 10.5 Å². The molecule has 7 heteroatoms. The second kappa shape index (κ2) is 4.99. The highest BCUT2D eigenvalue weighted by Gasteiger charge is 2.20. The number of anilines is 1. The Bertz CT molecular complexity index is 483. The van der Waals surface area contributed by atoms with Gasteiger partial charge in [-0.05, 0) is 18.9 Å². The first kappa shape index (κ1) is 12.3. The fourth-order valence-electron chi connectivity index (χ4n) is 1.67. The van der Waals surface area contributed by atoms with Gasteiger partial charge in [-0.3, -0.25) is 4.98 Å². The predicted octanol–water partition coefficient (Wildman–Crippen LogP) is 0.121. The first-order valence-corrected chi connectivity index (χ1v) is 6.88. The SMILES string of the molecule is Nc1cncc(S(=O)(=O)NCC2CCCO2)c1. The van der Waals surface area contributed by atoms with E-state index in [9.17, 15) is 8.42 Å². The van der Waals surface area contributed by atoms with E-state index in [1.807, 2.05) is 0 Å². The van der Waals surface area contributed by atoms with Crippen LogP contribution in [0.2, 0.25) is 0 Å². The lowest BCUT2D eigenvalue weighted by atomic mass is 10.2. The van der Waals surface area contributed by atoms with Crippen LogP contribution in [-0.2, 0) is 14.8 Å². The number of hydrogen-bond acceptors (Lipinski definition) is 5. The molecule has 0 aliphatic carbocycles. The molecule has 0 amide bonds. The standard InChI is InChI=1S/C10H15N3O3S/c11-8-4-10(7-12-5-8)17(14,15)13-6-9-2-1-3-16-9/h4-5,7,9,13H,1-3,6,11H2. The molecule has 6 nitrogen and oxygen atoms in total. The summed E-state index contributed by atoms with van der Waals surface area (Å²) in [6.07, 6.45) is 4.51. The van der Waals surface area contributed by atoms with Crippen molar-refractivity contribution in [2.45, 2.75) is 23.8 Å². The molecule has 1 aromatic rings. The van der Waals surface area contributed by atoms with E-state index in [2.05, 4.69) is 9.71 Å². The van der Waals surface area contributed by atoms with Gasteiger partial charge in [0, 0.05) is 25.5 Å². The molecule has 3 N–H and O–H groups in total. The summed E-state index contributed by atoms with van der Waals surface area (Å²) in [5.74, 6) is 0. The van der Waals surface area contributed by atoms with Gasteiger partial charge in [0.15, 0.2) is 0 Å². The summed E-state index contributed by atoms with van der Waals surface area (Å²) in [6, 6.07) is 1.38. The molecule has 0 aromatic carbocycles. The Kier molecular flexibility index (Phi) is 3.60. The molecule has 1 aromatic heterocycles. The van der Waals surface area contributed by atoms with Gasteiger partial charge in [-0.2, -0.15) is 0 Å². The minimum absolute atomic E-state index is 0.0289. The molecule has 1 atom stereocenters. The molecule has 1 saturated heterocycles. The van der Waals surface area contributed by atoms with Crippen LogP contribution in [0.3, 0.4) is 0 Å². The number of aromatic nitrogens is 1. The van der Waals surface area contributed by atoms with E-state index in [1.54, 1.807) is 0 Å². The van der Waals surface area contributed by atoms with Crippen molar-refractivity contribution >= 4 is 15.7 Å². The first-order chi connectivity index (χ1) is 8.08. The fraction of sp³-hybridized carbons (Fsp3) is 0.500. The number of ether oxygens (including phenoxy) is 1. The number of nitrogens with zero attached hydrogens (tertiary/aromatic N) is 1. The molecule has 1 unspecified atom stereocenters. The van der Waals surface area contributed by atoms with Crippen molar-refractivity contribution in [2.24, 2.45) is 0 Å². The zero-order chi connectivity index (χ0) is 12.3. The van der Waals surface area contributed by atoms with Gasteiger partial charge in [-0.15, -0.1) is 0 Å². The molecule has 1 aliphatic heterocycles. The summed E-state index contributed by atoms with van der Waals surface area (Å²) in [5.41, 5.74) is 5.82. The van der Waals surface area contributed by atoms with Crippen LogP contribution in [0.4, 0.5) is 5.69 Å². The van der Waals surface area contributed by atoms with Gasteiger partial charge in [0.2, 0.25) is 10.0 Å². The summed E-state index contributed by atoms with van der Waals surface area (Å²) in [6.45, 7) is 0.989. The Balaban J connectivity index is 2.03. The van der Waals surface area contributed by atoms with Crippen molar-refractivity contribution in [1.29, 1.82) is 0 Å². The van der Waals surface area contributed by atoms with E-state index in [4.69, 9.17) is 10.5 Å². The fourth-order valence-corrected chi connectivity index (χ4v) is 2.74.